The number of thiophene rings is 1. The average Bonchev–Trinajstić information content (AvgIpc) is 3.17. The first kappa shape index (κ1) is 15.1. The van der Waals surface area contributed by atoms with E-state index >= 15 is 0 Å². The van der Waals surface area contributed by atoms with Crippen molar-refractivity contribution in [2.45, 2.75) is 31.8 Å². The van der Waals surface area contributed by atoms with Crippen LogP contribution in [0, 0.1) is 0 Å². The van der Waals surface area contributed by atoms with Crippen LogP contribution in [0.15, 0.2) is 40.2 Å². The Morgan fingerprint density at radius 1 is 1.33 bits per heavy atom. The predicted molar refractivity (Wildman–Crippen MR) is 95.3 cm³/mol. The zero-order chi connectivity index (χ0) is 14.7. The maximum Gasteiger partial charge on any atom is 0.0420 e. The summed E-state index contributed by atoms with van der Waals surface area (Å²) < 4.78 is 1.15. The van der Waals surface area contributed by atoms with Crippen LogP contribution in [0.3, 0.4) is 0 Å². The van der Waals surface area contributed by atoms with Crippen molar-refractivity contribution < 1.29 is 0 Å². The molecule has 0 aliphatic heterocycles. The van der Waals surface area contributed by atoms with Gasteiger partial charge >= 0.3 is 0 Å². The standard InChI is InChI=1S/C17H21BrN2S/c1-20(9-8-16-3-2-10-21-16)17-11-14(18)5-4-13(17)12-19-15-6-7-15/h2-5,10-11,15,19H,6-9,12H2,1H3. The minimum Gasteiger partial charge on any atom is -0.374 e. The highest BCUT2D eigenvalue weighted by molar-refractivity contribution is 9.10. The molecule has 1 aliphatic carbocycles. The molecule has 112 valence electrons. The van der Waals surface area contributed by atoms with Crippen LogP contribution in [0.25, 0.3) is 0 Å². The van der Waals surface area contributed by atoms with Crippen molar-refractivity contribution >= 4 is 33.0 Å². The molecule has 1 fully saturated rings. The van der Waals surface area contributed by atoms with Crippen LogP contribution in [0.1, 0.15) is 23.3 Å². The number of likely N-dealkylation sites (N-methyl/N-ethyl adjacent to an activating group) is 1. The van der Waals surface area contributed by atoms with Gasteiger partial charge in [-0.05, 0) is 48.4 Å². The molecule has 0 bridgehead atoms. The fraction of sp³-hybridized carbons (Fsp3) is 0.412. The number of nitrogens with zero attached hydrogens (tertiary/aromatic N) is 1. The summed E-state index contributed by atoms with van der Waals surface area (Å²) in [5.41, 5.74) is 2.72. The number of hydrogen-bond donors (Lipinski definition) is 1. The first-order valence-electron chi connectivity index (χ1n) is 7.48. The van der Waals surface area contributed by atoms with Crippen LogP contribution in [0.2, 0.25) is 0 Å². The Morgan fingerprint density at radius 3 is 2.90 bits per heavy atom. The Kier molecular flexibility index (Phi) is 4.99. The maximum atomic E-state index is 3.62. The summed E-state index contributed by atoms with van der Waals surface area (Å²) in [6, 6.07) is 11.7. The summed E-state index contributed by atoms with van der Waals surface area (Å²) in [7, 11) is 2.19. The van der Waals surface area contributed by atoms with Gasteiger partial charge in [-0.25, -0.2) is 0 Å². The van der Waals surface area contributed by atoms with E-state index in [-0.39, 0.29) is 0 Å². The first-order valence-corrected chi connectivity index (χ1v) is 9.15. The molecule has 3 rings (SSSR count). The van der Waals surface area contributed by atoms with Crippen LogP contribution in [-0.4, -0.2) is 19.6 Å². The van der Waals surface area contributed by atoms with Crippen molar-refractivity contribution in [3.63, 3.8) is 0 Å². The van der Waals surface area contributed by atoms with E-state index < -0.39 is 0 Å². The normalized spacial score (nSPS) is 14.4. The first-order chi connectivity index (χ1) is 10.2. The highest BCUT2D eigenvalue weighted by Gasteiger charge is 2.20. The fourth-order valence-corrected chi connectivity index (χ4v) is 3.48. The molecule has 4 heteroatoms. The largest absolute Gasteiger partial charge is 0.374 e. The van der Waals surface area contributed by atoms with Gasteiger partial charge in [0, 0.05) is 41.2 Å². The third-order valence-electron chi connectivity index (χ3n) is 3.89. The molecule has 1 aromatic heterocycles. The van der Waals surface area contributed by atoms with Crippen LogP contribution < -0.4 is 10.2 Å². The Bertz CT molecular complexity index is 578. The molecule has 2 nitrogen and oxygen atoms in total. The van der Waals surface area contributed by atoms with Crippen LogP contribution >= 0.6 is 27.3 Å². The van der Waals surface area contributed by atoms with E-state index in [0.717, 1.165) is 30.0 Å². The van der Waals surface area contributed by atoms with Crippen molar-refractivity contribution in [2.75, 3.05) is 18.5 Å². The Balaban J connectivity index is 1.67. The molecular weight excluding hydrogens is 344 g/mol. The van der Waals surface area contributed by atoms with Crippen molar-refractivity contribution in [1.82, 2.24) is 5.32 Å². The Labute approximate surface area is 139 Å². The van der Waals surface area contributed by atoms with Gasteiger partial charge in [-0.3, -0.25) is 0 Å². The van der Waals surface area contributed by atoms with Gasteiger partial charge < -0.3 is 10.2 Å². The van der Waals surface area contributed by atoms with Crippen molar-refractivity contribution in [3.8, 4) is 0 Å². The number of nitrogens with one attached hydrogen (secondary N) is 1. The molecule has 1 N–H and O–H groups in total. The molecule has 21 heavy (non-hydrogen) atoms. The number of rotatable bonds is 7. The molecule has 2 aromatic rings. The highest BCUT2D eigenvalue weighted by atomic mass is 79.9. The van der Waals surface area contributed by atoms with E-state index in [1.54, 1.807) is 0 Å². The van der Waals surface area contributed by atoms with Crippen LogP contribution in [-0.2, 0) is 13.0 Å². The van der Waals surface area contributed by atoms with Gasteiger partial charge in [0.05, 0.1) is 0 Å². The topological polar surface area (TPSA) is 15.3 Å². The second kappa shape index (κ2) is 6.95. The van der Waals surface area contributed by atoms with Crippen molar-refractivity contribution in [2.24, 2.45) is 0 Å². The van der Waals surface area contributed by atoms with E-state index in [0.29, 0.717) is 0 Å². The minimum atomic E-state index is 0.748. The average molecular weight is 365 g/mol. The zero-order valence-corrected chi connectivity index (χ0v) is 14.7. The van der Waals surface area contributed by atoms with E-state index in [4.69, 9.17) is 0 Å². The highest BCUT2D eigenvalue weighted by Crippen LogP contribution is 2.26. The van der Waals surface area contributed by atoms with Gasteiger partial charge in [-0.2, -0.15) is 0 Å². The lowest BCUT2D eigenvalue weighted by atomic mass is 10.1. The van der Waals surface area contributed by atoms with Crippen LogP contribution in [0.5, 0.6) is 0 Å². The summed E-state index contributed by atoms with van der Waals surface area (Å²) in [5.74, 6) is 0. The molecule has 0 unspecified atom stereocenters. The molecule has 1 aliphatic rings. The molecule has 1 aromatic carbocycles. The van der Waals surface area contributed by atoms with Gasteiger partial charge in [-0.15, -0.1) is 11.3 Å². The summed E-state index contributed by atoms with van der Waals surface area (Å²) in [4.78, 5) is 3.82. The van der Waals surface area contributed by atoms with Crippen molar-refractivity contribution in [3.05, 3.63) is 50.6 Å². The van der Waals surface area contributed by atoms with Crippen molar-refractivity contribution in [1.29, 1.82) is 0 Å². The number of halogens is 1. The van der Waals surface area contributed by atoms with Gasteiger partial charge in [0.1, 0.15) is 0 Å². The molecule has 0 amide bonds. The Hall–Kier alpha value is -0.840. The molecule has 1 heterocycles. The molecule has 0 atom stereocenters. The smallest absolute Gasteiger partial charge is 0.0420 e. The molecule has 0 spiro atoms. The lowest BCUT2D eigenvalue weighted by molar-refractivity contribution is 0.685. The zero-order valence-electron chi connectivity index (χ0n) is 12.3. The predicted octanol–water partition coefficient (Wildman–Crippen LogP) is 4.44. The molecular formula is C17H21BrN2S. The lowest BCUT2D eigenvalue weighted by Crippen LogP contribution is -2.23. The third kappa shape index (κ3) is 4.31. The second-order valence-corrected chi connectivity index (χ2v) is 7.63. The molecule has 1 saturated carbocycles. The summed E-state index contributed by atoms with van der Waals surface area (Å²) in [5, 5.41) is 5.77. The van der Waals surface area contributed by atoms with Gasteiger partial charge in [0.2, 0.25) is 0 Å². The minimum absolute atomic E-state index is 0.748. The van der Waals surface area contributed by atoms with E-state index in [1.165, 1.54) is 29.0 Å². The Morgan fingerprint density at radius 2 is 2.19 bits per heavy atom. The summed E-state index contributed by atoms with van der Waals surface area (Å²) in [6.45, 7) is 2.02. The monoisotopic (exact) mass is 364 g/mol. The summed E-state index contributed by atoms with van der Waals surface area (Å²) >= 11 is 5.44. The van der Waals surface area contributed by atoms with E-state index in [1.807, 2.05) is 11.3 Å². The third-order valence-corrected chi connectivity index (χ3v) is 5.32. The number of benzene rings is 1. The van der Waals surface area contributed by atoms with Gasteiger partial charge in [0.15, 0.2) is 0 Å². The lowest BCUT2D eigenvalue weighted by Gasteiger charge is -2.23. The second-order valence-electron chi connectivity index (χ2n) is 5.68. The SMILES string of the molecule is CN(CCc1cccs1)c1cc(Br)ccc1CNC1CC1. The number of anilines is 1. The number of hydrogen-bond acceptors (Lipinski definition) is 3. The summed E-state index contributed by atoms with van der Waals surface area (Å²) in [6.07, 6.45) is 3.77. The fourth-order valence-electron chi connectivity index (χ4n) is 2.44. The van der Waals surface area contributed by atoms with Crippen LogP contribution in [0.4, 0.5) is 5.69 Å². The molecule has 0 saturated heterocycles. The van der Waals surface area contributed by atoms with Gasteiger partial charge in [0.25, 0.3) is 0 Å². The van der Waals surface area contributed by atoms with Gasteiger partial charge in [-0.1, -0.05) is 28.1 Å². The van der Waals surface area contributed by atoms with E-state index in [9.17, 15) is 0 Å². The quantitative estimate of drug-likeness (QED) is 0.780. The van der Waals surface area contributed by atoms with E-state index in [2.05, 4.69) is 68.9 Å². The molecule has 0 radical (unpaired) electrons. The maximum absolute atomic E-state index is 3.62.